The number of aryl methyl sites for hydroxylation is 1. The monoisotopic (exact) mass is 470 g/mol. The highest BCUT2D eigenvalue weighted by atomic mass is 35.5. The summed E-state index contributed by atoms with van der Waals surface area (Å²) in [6.45, 7) is 7.20. The van der Waals surface area contributed by atoms with Gasteiger partial charge in [-0.25, -0.2) is 17.3 Å². The summed E-state index contributed by atoms with van der Waals surface area (Å²) in [6.07, 6.45) is 0. The van der Waals surface area contributed by atoms with Crippen LogP contribution in [0.2, 0.25) is 0 Å². The van der Waals surface area contributed by atoms with Crippen molar-refractivity contribution in [2.75, 3.05) is 7.11 Å². The number of rotatable bonds is 7. The summed E-state index contributed by atoms with van der Waals surface area (Å²) in [7, 11) is -4.14. The number of ether oxygens (including phenoxy) is 1. The Morgan fingerprint density at radius 2 is 1.67 bits per heavy atom. The predicted molar refractivity (Wildman–Crippen MR) is 123 cm³/mol. The smallest absolute Gasteiger partial charge is 0.241 e. The van der Waals surface area contributed by atoms with Crippen molar-refractivity contribution in [3.05, 3.63) is 65.7 Å². The first-order chi connectivity index (χ1) is 14.0. The Morgan fingerprint density at radius 1 is 1.10 bits per heavy atom. The second-order valence-corrected chi connectivity index (χ2v) is 11.8. The van der Waals surface area contributed by atoms with E-state index in [0.717, 1.165) is 5.56 Å². The fourth-order valence-corrected chi connectivity index (χ4v) is 4.81. The third kappa shape index (κ3) is 6.38. The van der Waals surface area contributed by atoms with Gasteiger partial charge in [-0.3, -0.25) is 0 Å². The quantitative estimate of drug-likeness (QED) is 0.374. The van der Waals surface area contributed by atoms with Crippen molar-refractivity contribution in [3.63, 3.8) is 0 Å². The van der Waals surface area contributed by atoms with E-state index in [-0.39, 0.29) is 10.8 Å². The summed E-state index contributed by atoms with van der Waals surface area (Å²) < 4.78 is 50.0. The number of hydrogen-bond acceptors (Lipinski definition) is 4. The maximum Gasteiger partial charge on any atom is 0.241 e. The van der Waals surface area contributed by atoms with E-state index in [9.17, 15) is 12.6 Å². The van der Waals surface area contributed by atoms with Crippen LogP contribution in [-0.2, 0) is 25.7 Å². The van der Waals surface area contributed by atoms with Crippen LogP contribution >= 0.6 is 11.6 Å². The normalized spacial score (nSPS) is 16.0. The van der Waals surface area contributed by atoms with Gasteiger partial charge in [0.15, 0.2) is 0 Å². The number of nitrogens with zero attached hydrogens (tertiary/aromatic N) is 1. The van der Waals surface area contributed by atoms with Crippen molar-refractivity contribution in [2.45, 2.75) is 48.8 Å². The van der Waals surface area contributed by atoms with E-state index in [0.29, 0.717) is 5.56 Å². The Balaban J connectivity index is 2.46. The number of benzene rings is 2. The van der Waals surface area contributed by atoms with Crippen molar-refractivity contribution in [1.82, 2.24) is 4.72 Å². The maximum atomic E-state index is 13.0. The lowest BCUT2D eigenvalue weighted by Gasteiger charge is -2.25. The molecule has 164 valence electrons. The van der Waals surface area contributed by atoms with Gasteiger partial charge in [0.25, 0.3) is 0 Å². The molecule has 30 heavy (non-hydrogen) atoms. The molecule has 0 spiro atoms. The molecular weight excluding hydrogens is 444 g/mol. The van der Waals surface area contributed by atoms with Gasteiger partial charge in [0.2, 0.25) is 15.9 Å². The number of nitrogens with one attached hydrogen (secondary N) is 1. The number of alkyl halides is 1. The van der Waals surface area contributed by atoms with Crippen molar-refractivity contribution in [1.29, 1.82) is 0 Å². The summed E-state index contributed by atoms with van der Waals surface area (Å²) in [6, 6.07) is 14.5. The van der Waals surface area contributed by atoms with E-state index in [1.807, 2.05) is 13.0 Å². The summed E-state index contributed by atoms with van der Waals surface area (Å²) in [5.74, 6) is -0.00890. The molecule has 0 radical (unpaired) electrons. The third-order valence-electron chi connectivity index (χ3n) is 4.21. The van der Waals surface area contributed by atoms with Crippen LogP contribution in [0.25, 0.3) is 0 Å². The van der Waals surface area contributed by atoms with E-state index >= 15 is 0 Å². The molecule has 0 saturated carbocycles. The van der Waals surface area contributed by atoms with Gasteiger partial charge in [-0.1, -0.05) is 48.0 Å². The molecule has 2 aromatic rings. The average molecular weight is 471 g/mol. The van der Waals surface area contributed by atoms with Crippen LogP contribution in [0.4, 0.5) is 0 Å². The molecule has 0 aliphatic rings. The fraction of sp³-hybridized carbons (Fsp3) is 0.381. The Morgan fingerprint density at radius 3 is 2.17 bits per heavy atom. The van der Waals surface area contributed by atoms with Crippen LogP contribution < -0.4 is 4.72 Å². The highest BCUT2D eigenvalue weighted by Gasteiger charge is 2.33. The second kappa shape index (κ2) is 10.0. The third-order valence-corrected chi connectivity index (χ3v) is 7.50. The van der Waals surface area contributed by atoms with Gasteiger partial charge in [-0.2, -0.15) is 4.40 Å². The highest BCUT2D eigenvalue weighted by molar-refractivity contribution is 7.89. The summed E-state index contributed by atoms with van der Waals surface area (Å²) >= 11 is 6.64. The molecule has 0 bridgehead atoms. The summed E-state index contributed by atoms with van der Waals surface area (Å²) in [5.41, 5.74) is 1.57. The minimum atomic E-state index is -3.89. The van der Waals surface area contributed by atoms with Gasteiger partial charge >= 0.3 is 0 Å². The largest absolute Gasteiger partial charge is 0.483 e. The van der Waals surface area contributed by atoms with E-state index in [1.165, 1.54) is 19.2 Å². The van der Waals surface area contributed by atoms with E-state index in [2.05, 4.69) is 9.12 Å². The van der Waals surface area contributed by atoms with Gasteiger partial charge in [0.05, 0.1) is 22.8 Å². The van der Waals surface area contributed by atoms with Crippen molar-refractivity contribution >= 4 is 38.5 Å². The van der Waals surface area contributed by atoms with Crippen molar-refractivity contribution in [3.8, 4) is 0 Å². The lowest BCUT2D eigenvalue weighted by atomic mass is 10.0. The fourth-order valence-electron chi connectivity index (χ4n) is 2.47. The molecule has 1 unspecified atom stereocenters. The number of sulfonamides is 1. The first-order valence-corrected chi connectivity index (χ1v) is 12.3. The molecular formula is C21H27ClN2O4S2. The summed E-state index contributed by atoms with van der Waals surface area (Å²) in [4.78, 5) is 0.118. The number of hydrogen-bond donors (Lipinski definition) is 1. The van der Waals surface area contributed by atoms with Gasteiger partial charge in [-0.05, 0) is 45.4 Å². The zero-order chi connectivity index (χ0) is 22.5. The number of halogens is 1. The van der Waals surface area contributed by atoms with Crippen molar-refractivity contribution in [2.24, 2.45) is 4.40 Å². The van der Waals surface area contributed by atoms with E-state index in [4.69, 9.17) is 16.3 Å². The molecule has 3 atom stereocenters. The zero-order valence-corrected chi connectivity index (χ0v) is 20.0. The van der Waals surface area contributed by atoms with Crippen LogP contribution in [-0.4, -0.2) is 35.8 Å². The van der Waals surface area contributed by atoms with Crippen LogP contribution in [0.1, 0.15) is 37.9 Å². The van der Waals surface area contributed by atoms with Gasteiger partial charge in [0, 0.05) is 0 Å². The van der Waals surface area contributed by atoms with E-state index in [1.54, 1.807) is 57.2 Å². The van der Waals surface area contributed by atoms with Crippen LogP contribution in [0.3, 0.4) is 0 Å². The molecule has 9 heteroatoms. The van der Waals surface area contributed by atoms with E-state index < -0.39 is 37.2 Å². The average Bonchev–Trinajstić information content (AvgIpc) is 2.70. The van der Waals surface area contributed by atoms with Crippen molar-refractivity contribution < 1.29 is 17.4 Å². The maximum absolute atomic E-state index is 13.0. The molecule has 0 fully saturated rings. The zero-order valence-electron chi connectivity index (χ0n) is 17.6. The minimum absolute atomic E-state index is 0.00890. The Hall–Kier alpha value is -1.74. The molecule has 2 rings (SSSR count). The van der Waals surface area contributed by atoms with Crippen LogP contribution in [0.15, 0.2) is 63.9 Å². The molecule has 0 aliphatic heterocycles. The SMILES string of the molecule is CO/C(=N\S(=O)C(C)(C)C)[C@H](Cl)[C@H](NS(=O)(=O)c1ccc(C)cc1)c1ccccc1. The van der Waals surface area contributed by atoms with Crippen LogP contribution in [0, 0.1) is 6.92 Å². The molecule has 0 amide bonds. The highest BCUT2D eigenvalue weighted by Crippen LogP contribution is 2.26. The van der Waals surface area contributed by atoms with Gasteiger partial charge < -0.3 is 4.74 Å². The second-order valence-electron chi connectivity index (χ2n) is 7.72. The number of methoxy groups -OCH3 is 1. The first-order valence-electron chi connectivity index (χ1n) is 9.28. The molecule has 0 heterocycles. The lowest BCUT2D eigenvalue weighted by Crippen LogP contribution is -2.38. The molecule has 0 saturated heterocycles. The standard InChI is InChI=1S/C21H27ClN2O4S2/c1-15-11-13-17(14-12-15)30(26,27)24-19(16-9-7-6-8-10-16)18(22)20(28-5)23-29(25)21(2,3)4/h6-14,18-19,24H,1-5H3/b23-20-/t18-,19-,29?/m1/s1. The molecule has 2 aromatic carbocycles. The summed E-state index contributed by atoms with van der Waals surface area (Å²) in [5, 5.41) is -1.02. The minimum Gasteiger partial charge on any atom is -0.483 e. The topological polar surface area (TPSA) is 84.8 Å². The molecule has 0 aliphatic carbocycles. The Bertz CT molecular complexity index is 1000. The van der Waals surface area contributed by atoms with Gasteiger partial charge in [0.1, 0.15) is 16.4 Å². The lowest BCUT2D eigenvalue weighted by molar-refractivity contribution is 0.384. The molecule has 1 N–H and O–H groups in total. The Labute approximate surface area is 186 Å². The molecule has 0 aromatic heterocycles. The molecule has 6 nitrogen and oxygen atoms in total. The van der Waals surface area contributed by atoms with Gasteiger partial charge in [-0.15, -0.1) is 11.6 Å². The van der Waals surface area contributed by atoms with Crippen LogP contribution in [0.5, 0.6) is 0 Å². The predicted octanol–water partition coefficient (Wildman–Crippen LogP) is 4.13. The Kier molecular flexibility index (Phi) is 8.21. The first kappa shape index (κ1) is 24.5.